The van der Waals surface area contributed by atoms with E-state index in [1.54, 1.807) is 0 Å². The highest BCUT2D eigenvalue weighted by molar-refractivity contribution is 6.31. The molecular weight excluding hydrogens is 134 g/mol. The number of hydrogen-bond donors (Lipinski definition) is 1. The molecule has 2 nitrogen and oxygen atoms in total. The summed E-state index contributed by atoms with van der Waals surface area (Å²) in [6, 6.07) is 0. The van der Waals surface area contributed by atoms with E-state index in [1.165, 1.54) is 12.8 Å². The molecular formula is C4H15NOSi2. The van der Waals surface area contributed by atoms with Crippen LogP contribution in [0.3, 0.4) is 0 Å². The van der Waals surface area contributed by atoms with Crippen LogP contribution in [0.2, 0.25) is 0 Å². The van der Waals surface area contributed by atoms with Gasteiger partial charge in [0.25, 0.3) is 0 Å². The minimum atomic E-state index is -0.287. The van der Waals surface area contributed by atoms with Gasteiger partial charge in [0.1, 0.15) is 10.5 Å². The zero-order valence-corrected chi connectivity index (χ0v) is 9.15. The summed E-state index contributed by atoms with van der Waals surface area (Å²) >= 11 is 0. The van der Waals surface area contributed by atoms with E-state index in [2.05, 4.69) is 11.9 Å². The molecule has 1 N–H and O–H groups in total. The molecule has 0 aromatic heterocycles. The van der Waals surface area contributed by atoms with Crippen LogP contribution in [0, 0.1) is 0 Å². The van der Waals surface area contributed by atoms with Crippen LogP contribution in [-0.4, -0.2) is 27.0 Å². The second-order valence-corrected chi connectivity index (χ2v) is 4.88. The highest BCUT2D eigenvalue weighted by Crippen LogP contribution is 1.80. The molecule has 0 aromatic carbocycles. The van der Waals surface area contributed by atoms with E-state index in [-0.39, 0.29) is 9.92 Å². The Balaban J connectivity index is 2.53. The smallest absolute Gasteiger partial charge is 0.223 e. The lowest BCUT2D eigenvalue weighted by Gasteiger charge is -1.98. The van der Waals surface area contributed by atoms with Gasteiger partial charge < -0.3 is 9.10 Å². The summed E-state index contributed by atoms with van der Waals surface area (Å²) in [5.41, 5.74) is 0. The predicted octanol–water partition coefficient (Wildman–Crippen LogP) is -1.33. The van der Waals surface area contributed by atoms with E-state index in [0.717, 1.165) is 17.0 Å². The van der Waals surface area contributed by atoms with E-state index in [1.807, 2.05) is 0 Å². The molecule has 0 aliphatic heterocycles. The molecule has 0 spiro atoms. The predicted molar refractivity (Wildman–Crippen MR) is 42.5 cm³/mol. The molecule has 0 radical (unpaired) electrons. The van der Waals surface area contributed by atoms with Crippen molar-refractivity contribution in [3.63, 3.8) is 0 Å². The third kappa shape index (κ3) is 6.35. The SMILES string of the molecule is CCCCN[SiH2]O[SiH3]. The van der Waals surface area contributed by atoms with Gasteiger partial charge in [0.2, 0.25) is 9.92 Å². The summed E-state index contributed by atoms with van der Waals surface area (Å²) in [5, 5.41) is 0. The second kappa shape index (κ2) is 7.35. The van der Waals surface area contributed by atoms with Gasteiger partial charge in [0.15, 0.2) is 0 Å². The molecule has 0 aliphatic carbocycles. The Morgan fingerprint density at radius 1 is 1.75 bits per heavy atom. The molecule has 50 valence electrons. The number of unbranched alkanes of at least 4 members (excludes halogenated alkanes) is 1. The minimum absolute atomic E-state index is 0.287. The molecule has 0 rings (SSSR count). The Morgan fingerprint density at radius 2 is 2.50 bits per heavy atom. The van der Waals surface area contributed by atoms with Gasteiger partial charge in [0.05, 0.1) is 0 Å². The van der Waals surface area contributed by atoms with Crippen LogP contribution in [-0.2, 0) is 4.12 Å². The molecule has 0 saturated heterocycles. The van der Waals surface area contributed by atoms with Gasteiger partial charge in [0, 0.05) is 0 Å². The maximum absolute atomic E-state index is 5.06. The molecule has 8 heavy (non-hydrogen) atoms. The number of hydrogen-bond acceptors (Lipinski definition) is 2. The molecule has 0 heterocycles. The van der Waals surface area contributed by atoms with Crippen LogP contribution in [0.4, 0.5) is 0 Å². The largest absolute Gasteiger partial charge is 0.457 e. The third-order valence-corrected chi connectivity index (χ3v) is 2.67. The van der Waals surface area contributed by atoms with Crippen molar-refractivity contribution in [2.75, 3.05) is 6.54 Å². The fraction of sp³-hybridized carbons (Fsp3) is 1.00. The lowest BCUT2D eigenvalue weighted by atomic mass is 10.3. The number of rotatable bonds is 5. The van der Waals surface area contributed by atoms with Gasteiger partial charge in [-0.1, -0.05) is 13.3 Å². The minimum Gasteiger partial charge on any atom is -0.457 e. The normalized spacial score (nSPS) is 11.6. The molecule has 0 aliphatic rings. The zero-order chi connectivity index (χ0) is 6.24. The van der Waals surface area contributed by atoms with Crippen LogP contribution in [0.5, 0.6) is 0 Å². The molecule has 0 amide bonds. The first-order chi connectivity index (χ1) is 3.91. The molecule has 0 bridgehead atoms. The average molecular weight is 149 g/mol. The first-order valence-electron chi connectivity index (χ1n) is 3.11. The average Bonchev–Trinajstić information content (AvgIpc) is 1.81. The Hall–Kier alpha value is 0.354. The van der Waals surface area contributed by atoms with Crippen LogP contribution in [0.1, 0.15) is 19.8 Å². The van der Waals surface area contributed by atoms with Gasteiger partial charge in [-0.15, -0.1) is 0 Å². The van der Waals surface area contributed by atoms with Gasteiger partial charge >= 0.3 is 0 Å². The standard InChI is InChI=1S/C4H15NOSi2/c1-2-3-4-5-8-6-7/h5H,2-4,8H2,1,7H3. The van der Waals surface area contributed by atoms with Crippen LogP contribution in [0.25, 0.3) is 0 Å². The van der Waals surface area contributed by atoms with E-state index >= 15 is 0 Å². The molecule has 0 saturated carbocycles. The molecule has 0 atom stereocenters. The van der Waals surface area contributed by atoms with Crippen LogP contribution in [0.15, 0.2) is 0 Å². The van der Waals surface area contributed by atoms with Gasteiger partial charge in [-0.2, -0.15) is 0 Å². The molecule has 0 unspecified atom stereocenters. The van der Waals surface area contributed by atoms with Crippen molar-refractivity contribution in [2.24, 2.45) is 0 Å². The first-order valence-corrected chi connectivity index (χ1v) is 5.21. The van der Waals surface area contributed by atoms with Crippen LogP contribution >= 0.6 is 0 Å². The Kier molecular flexibility index (Phi) is 7.68. The lowest BCUT2D eigenvalue weighted by Crippen LogP contribution is -2.21. The third-order valence-electron chi connectivity index (χ3n) is 0.954. The topological polar surface area (TPSA) is 21.3 Å². The van der Waals surface area contributed by atoms with E-state index < -0.39 is 0 Å². The van der Waals surface area contributed by atoms with Gasteiger partial charge in [-0.25, -0.2) is 0 Å². The molecule has 0 aromatic rings. The quantitative estimate of drug-likeness (QED) is 0.386. The summed E-state index contributed by atoms with van der Waals surface area (Å²) in [6.07, 6.45) is 2.57. The fourth-order valence-electron chi connectivity index (χ4n) is 0.476. The monoisotopic (exact) mass is 149 g/mol. The highest BCUT2D eigenvalue weighted by Gasteiger charge is 1.81. The van der Waals surface area contributed by atoms with Gasteiger partial charge in [-0.05, 0) is 13.0 Å². The first kappa shape index (κ1) is 8.35. The summed E-state index contributed by atoms with van der Waals surface area (Å²) in [4.78, 5) is 3.29. The van der Waals surface area contributed by atoms with Gasteiger partial charge in [-0.3, -0.25) is 0 Å². The maximum Gasteiger partial charge on any atom is 0.223 e. The summed E-state index contributed by atoms with van der Waals surface area (Å²) in [5.74, 6) is 0. The Morgan fingerprint density at radius 3 is 3.00 bits per heavy atom. The van der Waals surface area contributed by atoms with Crippen molar-refractivity contribution in [3.05, 3.63) is 0 Å². The van der Waals surface area contributed by atoms with Crippen molar-refractivity contribution in [1.29, 1.82) is 0 Å². The summed E-state index contributed by atoms with van der Waals surface area (Å²) in [6.45, 7) is 3.36. The summed E-state index contributed by atoms with van der Waals surface area (Å²) in [7, 11) is 0.620. The van der Waals surface area contributed by atoms with E-state index in [4.69, 9.17) is 4.12 Å². The van der Waals surface area contributed by atoms with Crippen LogP contribution < -0.4 is 4.98 Å². The van der Waals surface area contributed by atoms with Crippen molar-refractivity contribution in [2.45, 2.75) is 19.8 Å². The Labute approximate surface area is 56.6 Å². The maximum atomic E-state index is 5.06. The van der Waals surface area contributed by atoms with Crippen molar-refractivity contribution in [3.8, 4) is 0 Å². The zero-order valence-electron chi connectivity index (χ0n) is 5.74. The van der Waals surface area contributed by atoms with E-state index in [0.29, 0.717) is 0 Å². The van der Waals surface area contributed by atoms with Crippen molar-refractivity contribution >= 4 is 20.4 Å². The van der Waals surface area contributed by atoms with Crippen molar-refractivity contribution in [1.82, 2.24) is 4.98 Å². The molecule has 0 fully saturated rings. The summed E-state index contributed by atoms with van der Waals surface area (Å²) < 4.78 is 5.06. The fourth-order valence-corrected chi connectivity index (χ4v) is 1.69. The highest BCUT2D eigenvalue weighted by atomic mass is 28.3. The molecule has 4 heteroatoms. The van der Waals surface area contributed by atoms with Crippen molar-refractivity contribution < 1.29 is 4.12 Å². The lowest BCUT2D eigenvalue weighted by molar-refractivity contribution is 0.626. The Bertz CT molecular complexity index is 39.0. The second-order valence-electron chi connectivity index (χ2n) is 1.79. The number of nitrogens with one attached hydrogen (secondary N) is 1. The van der Waals surface area contributed by atoms with E-state index in [9.17, 15) is 0 Å².